The Balaban J connectivity index is 1.22. The average molecular weight is 967 g/mol. The van der Waals surface area contributed by atoms with Crippen molar-refractivity contribution >= 4 is 25.2 Å². The van der Waals surface area contributed by atoms with E-state index in [1.807, 2.05) is 0 Å². The molecule has 0 bridgehead atoms. The molecular formula is C66H88B2O4. The predicted molar refractivity (Wildman–Crippen MR) is 308 cm³/mol. The van der Waals surface area contributed by atoms with Gasteiger partial charge in [-0.15, -0.1) is 0 Å². The highest BCUT2D eigenvalue weighted by Crippen LogP contribution is 2.57. The number of rotatable bonds is 31. The number of hydrogen-bond donors (Lipinski definition) is 0. The van der Waals surface area contributed by atoms with Gasteiger partial charge in [0.25, 0.3) is 0 Å². The zero-order valence-electron chi connectivity index (χ0n) is 45.3. The molecule has 8 rings (SSSR count). The lowest BCUT2D eigenvalue weighted by molar-refractivity contribution is 0.397. The van der Waals surface area contributed by atoms with Gasteiger partial charge in [-0.05, 0) is 93.5 Å². The first-order chi connectivity index (χ1) is 35.2. The number of unbranched alkanes of at least 4 members (excludes halogenated alkanes) is 20. The Morgan fingerprint density at radius 2 is 0.569 bits per heavy atom. The van der Waals surface area contributed by atoms with Crippen LogP contribution in [-0.4, -0.2) is 14.2 Å². The van der Waals surface area contributed by atoms with E-state index >= 15 is 0 Å². The second kappa shape index (κ2) is 25.4. The fourth-order valence-corrected chi connectivity index (χ4v) is 12.9. The third-order valence-electron chi connectivity index (χ3n) is 17.1. The van der Waals surface area contributed by atoms with Gasteiger partial charge in [0.1, 0.15) is 23.0 Å². The maximum atomic E-state index is 6.19. The lowest BCUT2D eigenvalue weighted by Crippen LogP contribution is -2.33. The first kappa shape index (κ1) is 53.5. The van der Waals surface area contributed by atoms with Crippen LogP contribution in [0.25, 0.3) is 33.4 Å². The SMILES string of the molecule is C=C1OB(c2ccc3c(c2)C(CCCCCCCC)(CCCCCCCC)c2cc(-c4ccc5c(c4)C(CCCCCCCC)(CCCCCCCC)c4cc(B6OC(=C)C(=C)O6)ccc4-5)ccc2-3)OC1=C. The van der Waals surface area contributed by atoms with Crippen molar-refractivity contribution in [3.63, 3.8) is 0 Å². The van der Waals surface area contributed by atoms with Crippen molar-refractivity contribution in [2.75, 3.05) is 0 Å². The molecule has 72 heavy (non-hydrogen) atoms. The van der Waals surface area contributed by atoms with Crippen LogP contribution in [0.5, 0.6) is 0 Å². The molecule has 2 fully saturated rings. The third kappa shape index (κ3) is 11.7. The quantitative estimate of drug-likeness (QED) is 0.0372. The largest absolute Gasteiger partial charge is 0.632 e. The van der Waals surface area contributed by atoms with E-state index in [9.17, 15) is 0 Å². The molecule has 0 N–H and O–H groups in total. The minimum absolute atomic E-state index is 0.109. The van der Waals surface area contributed by atoms with Crippen LogP contribution in [0.1, 0.15) is 230 Å². The molecule has 2 saturated heterocycles. The van der Waals surface area contributed by atoms with E-state index in [0.29, 0.717) is 23.0 Å². The van der Waals surface area contributed by atoms with Crippen molar-refractivity contribution in [2.45, 2.75) is 218 Å². The van der Waals surface area contributed by atoms with Crippen molar-refractivity contribution in [1.82, 2.24) is 0 Å². The molecule has 4 aliphatic rings. The molecule has 4 nitrogen and oxygen atoms in total. The van der Waals surface area contributed by atoms with Crippen molar-refractivity contribution in [2.24, 2.45) is 0 Å². The third-order valence-corrected chi connectivity index (χ3v) is 17.1. The first-order valence-electron chi connectivity index (χ1n) is 29.2. The van der Waals surface area contributed by atoms with Gasteiger partial charge >= 0.3 is 14.2 Å². The molecule has 0 aromatic heterocycles. The van der Waals surface area contributed by atoms with E-state index < -0.39 is 14.2 Å². The van der Waals surface area contributed by atoms with Crippen LogP contribution < -0.4 is 10.9 Å². The molecule has 2 aliphatic carbocycles. The lowest BCUT2D eigenvalue weighted by atomic mass is 9.68. The van der Waals surface area contributed by atoms with E-state index in [0.717, 1.165) is 36.6 Å². The Hall–Kier alpha value is -4.83. The van der Waals surface area contributed by atoms with Crippen molar-refractivity contribution in [3.8, 4) is 33.4 Å². The molecule has 2 aliphatic heterocycles. The van der Waals surface area contributed by atoms with Crippen LogP contribution in [-0.2, 0) is 29.4 Å². The molecule has 6 heteroatoms. The summed E-state index contributed by atoms with van der Waals surface area (Å²) in [7, 11) is -1.04. The van der Waals surface area contributed by atoms with Gasteiger partial charge in [-0.2, -0.15) is 0 Å². The second-order valence-electron chi connectivity index (χ2n) is 22.2. The minimum Gasteiger partial charge on any atom is -0.520 e. The molecule has 0 unspecified atom stereocenters. The Labute approximate surface area is 437 Å². The summed E-state index contributed by atoms with van der Waals surface area (Å²) in [5.74, 6) is 2.09. The predicted octanol–water partition coefficient (Wildman–Crippen LogP) is 18.4. The molecule has 0 spiro atoms. The summed E-state index contributed by atoms with van der Waals surface area (Å²) in [5.41, 5.74) is 16.0. The second-order valence-corrected chi connectivity index (χ2v) is 22.2. The Kier molecular flexibility index (Phi) is 18.9. The number of hydrogen-bond acceptors (Lipinski definition) is 4. The van der Waals surface area contributed by atoms with Crippen LogP contribution in [0, 0.1) is 0 Å². The number of benzene rings is 4. The van der Waals surface area contributed by atoms with E-state index in [2.05, 4.69) is 127 Å². The highest BCUT2D eigenvalue weighted by Gasteiger charge is 2.47. The topological polar surface area (TPSA) is 36.9 Å². The summed E-state index contributed by atoms with van der Waals surface area (Å²) >= 11 is 0. The minimum atomic E-state index is -0.521. The van der Waals surface area contributed by atoms with Gasteiger partial charge in [-0.25, -0.2) is 0 Å². The maximum Gasteiger partial charge on any atom is 0.632 e. The van der Waals surface area contributed by atoms with E-state index in [4.69, 9.17) is 18.6 Å². The highest BCUT2D eigenvalue weighted by atomic mass is 16.6. The zero-order chi connectivity index (χ0) is 50.5. The van der Waals surface area contributed by atoms with Gasteiger partial charge in [-0.1, -0.05) is 269 Å². The van der Waals surface area contributed by atoms with Crippen molar-refractivity contribution in [3.05, 3.63) is 144 Å². The van der Waals surface area contributed by atoms with Gasteiger partial charge in [0.2, 0.25) is 0 Å². The summed E-state index contributed by atoms with van der Waals surface area (Å²) in [5, 5.41) is 0. The van der Waals surface area contributed by atoms with Gasteiger partial charge in [0.15, 0.2) is 0 Å². The standard InChI is InChI=1S/C66H88B2O4/c1-9-13-17-21-25-29-41-65(42-30-26-22-18-14-10-2)61-45-53(33-37-57(61)59-39-35-55(47-63(59)65)67-69-49(5)50(6)70-67)54-34-38-58-60-40-36-56(68-71-51(7)52(8)72-68)48-64(60)66(62(58)46-54,43-31-27-23-19-15-11-3)44-32-28-24-20-16-12-4/h33-40,45-48H,5-32,41-44H2,1-4H3. The summed E-state index contributed by atoms with van der Waals surface area (Å²) in [6.45, 7) is 25.6. The Morgan fingerprint density at radius 3 is 0.861 bits per heavy atom. The molecular weight excluding hydrogens is 878 g/mol. The fraction of sp³-hybridized carbons (Fsp3) is 0.515. The monoisotopic (exact) mass is 967 g/mol. The summed E-state index contributed by atoms with van der Waals surface area (Å²) < 4.78 is 24.8. The van der Waals surface area contributed by atoms with Gasteiger partial charge < -0.3 is 18.6 Å². The average Bonchev–Trinajstić information content (AvgIpc) is 4.09. The van der Waals surface area contributed by atoms with E-state index in [-0.39, 0.29) is 10.8 Å². The smallest absolute Gasteiger partial charge is 0.520 e. The fourth-order valence-electron chi connectivity index (χ4n) is 12.9. The van der Waals surface area contributed by atoms with Crippen LogP contribution in [0.2, 0.25) is 0 Å². The molecule has 2 heterocycles. The molecule has 4 aromatic carbocycles. The normalized spacial score (nSPS) is 15.8. The summed E-state index contributed by atoms with van der Waals surface area (Å²) in [4.78, 5) is 0. The molecule has 0 atom stereocenters. The van der Waals surface area contributed by atoms with Crippen LogP contribution in [0.3, 0.4) is 0 Å². The highest BCUT2D eigenvalue weighted by molar-refractivity contribution is 6.63. The van der Waals surface area contributed by atoms with Crippen molar-refractivity contribution < 1.29 is 18.6 Å². The first-order valence-corrected chi connectivity index (χ1v) is 29.2. The van der Waals surface area contributed by atoms with Gasteiger partial charge in [-0.3, -0.25) is 0 Å². The summed E-state index contributed by atoms with van der Waals surface area (Å²) in [6, 6.07) is 29.1. The van der Waals surface area contributed by atoms with Gasteiger partial charge in [0, 0.05) is 21.8 Å². The van der Waals surface area contributed by atoms with Gasteiger partial charge in [0.05, 0.1) is 0 Å². The van der Waals surface area contributed by atoms with E-state index in [1.54, 1.807) is 0 Å². The van der Waals surface area contributed by atoms with Crippen LogP contribution in [0.15, 0.2) is 122 Å². The maximum absolute atomic E-state index is 6.19. The van der Waals surface area contributed by atoms with Crippen LogP contribution >= 0.6 is 0 Å². The molecule has 0 amide bonds. The Bertz CT molecular complexity index is 2280. The molecule has 0 radical (unpaired) electrons. The Morgan fingerprint density at radius 1 is 0.319 bits per heavy atom. The molecule has 382 valence electrons. The lowest BCUT2D eigenvalue weighted by Gasteiger charge is -2.34. The van der Waals surface area contributed by atoms with E-state index in [1.165, 1.54) is 210 Å². The van der Waals surface area contributed by atoms with Crippen LogP contribution in [0.4, 0.5) is 0 Å². The number of fused-ring (bicyclic) bond motifs is 6. The zero-order valence-corrected chi connectivity index (χ0v) is 45.3. The summed E-state index contributed by atoms with van der Waals surface area (Å²) in [6.07, 6.45) is 35.4. The molecule has 0 saturated carbocycles. The van der Waals surface area contributed by atoms with Crippen molar-refractivity contribution in [1.29, 1.82) is 0 Å². The molecule has 4 aromatic rings.